The van der Waals surface area contributed by atoms with Gasteiger partial charge in [-0.3, -0.25) is 4.68 Å². The molecule has 0 aliphatic rings. The van der Waals surface area contributed by atoms with E-state index in [4.69, 9.17) is 4.74 Å². The Bertz CT molecular complexity index is 427. The van der Waals surface area contributed by atoms with Crippen LogP contribution in [0.3, 0.4) is 0 Å². The predicted octanol–water partition coefficient (Wildman–Crippen LogP) is -0.570. The van der Waals surface area contributed by atoms with Crippen LogP contribution in [0.4, 0.5) is 0 Å². The van der Waals surface area contributed by atoms with Gasteiger partial charge in [-0.1, -0.05) is 0 Å². The Morgan fingerprint density at radius 3 is 2.68 bits per heavy atom. The third kappa shape index (κ3) is 3.76. The molecule has 0 aliphatic carbocycles. The number of aromatic nitrogens is 2. The number of nitrogens with zero attached hydrogens (tertiary/aromatic N) is 2. The number of hydrogen-bond acceptors (Lipinski definition) is 6. The molecule has 108 valence electrons. The zero-order chi connectivity index (χ0) is 14.5. The van der Waals surface area contributed by atoms with Crippen molar-refractivity contribution in [3.63, 3.8) is 0 Å². The maximum absolute atomic E-state index is 11.7. The Labute approximate surface area is 112 Å². The summed E-state index contributed by atoms with van der Waals surface area (Å²) in [6.45, 7) is 3.59. The first-order chi connectivity index (χ1) is 8.97. The molecule has 0 fully saturated rings. The first-order valence-electron chi connectivity index (χ1n) is 6.12. The van der Waals surface area contributed by atoms with E-state index in [0.29, 0.717) is 24.4 Å². The van der Waals surface area contributed by atoms with Crippen LogP contribution in [-0.2, 0) is 18.3 Å². The molecule has 0 aliphatic heterocycles. The number of hydrogen-bond donors (Lipinski definition) is 3. The van der Waals surface area contributed by atoms with Crippen LogP contribution in [0.15, 0.2) is 6.20 Å². The maximum Gasteiger partial charge on any atom is 0.341 e. The molecule has 1 rings (SSSR count). The number of rotatable bonds is 7. The Kier molecular flexibility index (Phi) is 5.46. The molecule has 0 bridgehead atoms. The molecule has 0 radical (unpaired) electrons. The van der Waals surface area contributed by atoms with Gasteiger partial charge in [0.05, 0.1) is 37.3 Å². The molecule has 0 aromatic carbocycles. The first-order valence-corrected chi connectivity index (χ1v) is 6.12. The minimum atomic E-state index is -0.809. The third-order valence-corrected chi connectivity index (χ3v) is 2.94. The van der Waals surface area contributed by atoms with E-state index in [9.17, 15) is 15.0 Å². The fourth-order valence-corrected chi connectivity index (χ4v) is 1.51. The van der Waals surface area contributed by atoms with E-state index < -0.39 is 11.5 Å². The summed E-state index contributed by atoms with van der Waals surface area (Å²) >= 11 is 0. The monoisotopic (exact) mass is 271 g/mol. The van der Waals surface area contributed by atoms with Gasteiger partial charge in [0, 0.05) is 13.6 Å². The van der Waals surface area contributed by atoms with Gasteiger partial charge in [-0.05, 0) is 13.8 Å². The molecule has 0 saturated heterocycles. The number of nitrogens with one attached hydrogen (secondary N) is 1. The van der Waals surface area contributed by atoms with Crippen molar-refractivity contribution in [2.75, 3.05) is 19.8 Å². The minimum Gasteiger partial charge on any atom is -0.462 e. The van der Waals surface area contributed by atoms with Gasteiger partial charge in [0.2, 0.25) is 0 Å². The highest BCUT2D eigenvalue weighted by atomic mass is 16.5. The van der Waals surface area contributed by atoms with Gasteiger partial charge in [-0.15, -0.1) is 0 Å². The molecule has 0 amide bonds. The standard InChI is InChI=1S/C12H21N3O4/c1-4-19-11(18)9-5-14-15(3)10(9)6-13-12(2,7-16)8-17/h5,13,16-17H,4,6-8H2,1-3H3. The fourth-order valence-electron chi connectivity index (χ4n) is 1.51. The molecule has 0 unspecified atom stereocenters. The van der Waals surface area contributed by atoms with E-state index in [1.54, 1.807) is 25.6 Å². The molecule has 7 heteroatoms. The number of aryl methyl sites for hydroxylation is 1. The SMILES string of the molecule is CCOC(=O)c1cnn(C)c1CNC(C)(CO)CO. The molecular formula is C12H21N3O4. The second kappa shape index (κ2) is 6.65. The highest BCUT2D eigenvalue weighted by Gasteiger charge is 2.24. The summed E-state index contributed by atoms with van der Waals surface area (Å²) in [7, 11) is 1.72. The van der Waals surface area contributed by atoms with Gasteiger partial charge in [-0.25, -0.2) is 4.79 Å². The molecule has 1 heterocycles. The van der Waals surface area contributed by atoms with Gasteiger partial charge in [-0.2, -0.15) is 5.10 Å². The van der Waals surface area contributed by atoms with E-state index in [2.05, 4.69) is 10.4 Å². The first kappa shape index (κ1) is 15.6. The molecule has 3 N–H and O–H groups in total. The lowest BCUT2D eigenvalue weighted by atomic mass is 10.1. The maximum atomic E-state index is 11.7. The minimum absolute atomic E-state index is 0.212. The number of aliphatic hydroxyl groups excluding tert-OH is 2. The summed E-state index contributed by atoms with van der Waals surface area (Å²) in [5, 5.41) is 25.4. The number of carbonyl (C=O) groups is 1. The average molecular weight is 271 g/mol. The van der Waals surface area contributed by atoms with Gasteiger partial charge >= 0.3 is 5.97 Å². The van der Waals surface area contributed by atoms with E-state index in [0.717, 1.165) is 0 Å². The molecule has 7 nitrogen and oxygen atoms in total. The normalized spacial score (nSPS) is 11.6. The van der Waals surface area contributed by atoms with Crippen molar-refractivity contribution < 1.29 is 19.7 Å². The topological polar surface area (TPSA) is 96.6 Å². The summed E-state index contributed by atoms with van der Waals surface area (Å²) in [5.41, 5.74) is 0.220. The molecule has 0 atom stereocenters. The average Bonchev–Trinajstić information content (AvgIpc) is 2.78. The third-order valence-electron chi connectivity index (χ3n) is 2.94. The quantitative estimate of drug-likeness (QED) is 0.575. The van der Waals surface area contributed by atoms with Crippen LogP contribution < -0.4 is 5.32 Å². The molecule has 0 spiro atoms. The lowest BCUT2D eigenvalue weighted by Gasteiger charge is -2.26. The van der Waals surface area contributed by atoms with Crippen LogP contribution in [0, 0.1) is 0 Å². The summed E-state index contributed by atoms with van der Waals surface area (Å²) in [4.78, 5) is 11.7. The highest BCUT2D eigenvalue weighted by Crippen LogP contribution is 2.11. The van der Waals surface area contributed by atoms with E-state index in [1.165, 1.54) is 6.20 Å². The van der Waals surface area contributed by atoms with Crippen LogP contribution >= 0.6 is 0 Å². The summed E-state index contributed by atoms with van der Waals surface area (Å²) in [5.74, 6) is -0.429. The predicted molar refractivity (Wildman–Crippen MR) is 68.6 cm³/mol. The highest BCUT2D eigenvalue weighted by molar-refractivity contribution is 5.90. The fraction of sp³-hybridized carbons (Fsp3) is 0.667. The van der Waals surface area contributed by atoms with Crippen molar-refractivity contribution >= 4 is 5.97 Å². The van der Waals surface area contributed by atoms with Crippen molar-refractivity contribution in [3.8, 4) is 0 Å². The summed E-state index contributed by atoms with van der Waals surface area (Å²) < 4.78 is 6.51. The van der Waals surface area contributed by atoms with Crippen LogP contribution in [0.2, 0.25) is 0 Å². The second-order valence-corrected chi connectivity index (χ2v) is 4.58. The van der Waals surface area contributed by atoms with E-state index >= 15 is 0 Å². The smallest absolute Gasteiger partial charge is 0.341 e. The Hall–Kier alpha value is -1.44. The lowest BCUT2D eigenvalue weighted by molar-refractivity contribution is 0.0524. The number of aliphatic hydroxyl groups is 2. The number of ether oxygens (including phenoxy) is 1. The van der Waals surface area contributed by atoms with Crippen molar-refractivity contribution in [3.05, 3.63) is 17.5 Å². The Morgan fingerprint density at radius 1 is 1.53 bits per heavy atom. The van der Waals surface area contributed by atoms with Crippen molar-refractivity contribution in [1.29, 1.82) is 0 Å². The largest absolute Gasteiger partial charge is 0.462 e. The second-order valence-electron chi connectivity index (χ2n) is 4.58. The lowest BCUT2D eigenvalue weighted by Crippen LogP contribution is -2.48. The summed E-state index contributed by atoms with van der Waals surface area (Å²) in [6, 6.07) is 0. The van der Waals surface area contributed by atoms with Crippen molar-refractivity contribution in [1.82, 2.24) is 15.1 Å². The van der Waals surface area contributed by atoms with E-state index in [-0.39, 0.29) is 13.2 Å². The molecule has 1 aromatic rings. The summed E-state index contributed by atoms with van der Waals surface area (Å²) in [6.07, 6.45) is 1.45. The molecule has 0 saturated carbocycles. The number of carbonyl (C=O) groups excluding carboxylic acids is 1. The van der Waals surface area contributed by atoms with Crippen LogP contribution in [-0.4, -0.2) is 51.3 Å². The van der Waals surface area contributed by atoms with Gasteiger partial charge in [0.1, 0.15) is 5.56 Å². The van der Waals surface area contributed by atoms with Gasteiger partial charge in [0.25, 0.3) is 0 Å². The van der Waals surface area contributed by atoms with Crippen LogP contribution in [0.5, 0.6) is 0 Å². The molecule has 1 aromatic heterocycles. The molecular weight excluding hydrogens is 250 g/mol. The zero-order valence-corrected chi connectivity index (χ0v) is 11.5. The molecule has 19 heavy (non-hydrogen) atoms. The number of esters is 1. The van der Waals surface area contributed by atoms with Gasteiger partial charge in [0.15, 0.2) is 0 Å². The van der Waals surface area contributed by atoms with Crippen LogP contribution in [0.25, 0.3) is 0 Å². The Morgan fingerprint density at radius 2 is 2.16 bits per heavy atom. The van der Waals surface area contributed by atoms with Crippen molar-refractivity contribution in [2.24, 2.45) is 7.05 Å². The van der Waals surface area contributed by atoms with Crippen LogP contribution in [0.1, 0.15) is 29.9 Å². The van der Waals surface area contributed by atoms with E-state index in [1.807, 2.05) is 0 Å². The zero-order valence-electron chi connectivity index (χ0n) is 11.5. The van der Waals surface area contributed by atoms with Crippen molar-refractivity contribution in [2.45, 2.75) is 25.9 Å². The van der Waals surface area contributed by atoms with Gasteiger partial charge < -0.3 is 20.3 Å². The Balaban J connectivity index is 2.83.